The van der Waals surface area contributed by atoms with Crippen molar-refractivity contribution in [2.75, 3.05) is 19.0 Å². The zero-order valence-electron chi connectivity index (χ0n) is 16.9. The van der Waals surface area contributed by atoms with Gasteiger partial charge in [0, 0.05) is 31.7 Å². The number of carbonyl (C=O) groups excluding carboxylic acids is 3. The molecular formula is C20H19F3N4O3S. The van der Waals surface area contributed by atoms with E-state index in [4.69, 9.17) is 0 Å². The lowest BCUT2D eigenvalue weighted by atomic mass is 10.2. The highest BCUT2D eigenvalue weighted by Crippen LogP contribution is 2.38. The molecule has 0 aliphatic carbocycles. The second-order valence-corrected chi connectivity index (χ2v) is 8.19. The van der Waals surface area contributed by atoms with Crippen molar-refractivity contribution in [2.45, 2.75) is 29.9 Å². The molecule has 1 saturated heterocycles. The van der Waals surface area contributed by atoms with Gasteiger partial charge < -0.3 is 9.80 Å². The molecule has 2 aromatic rings. The van der Waals surface area contributed by atoms with Crippen molar-refractivity contribution < 1.29 is 27.6 Å². The molecule has 1 atom stereocenters. The van der Waals surface area contributed by atoms with Gasteiger partial charge in [0.25, 0.3) is 11.8 Å². The normalized spacial score (nSPS) is 16.8. The van der Waals surface area contributed by atoms with Crippen molar-refractivity contribution in [1.29, 1.82) is 0 Å². The molecule has 7 nitrogen and oxygen atoms in total. The molecule has 0 spiro atoms. The smallest absolute Gasteiger partial charge is 0.343 e. The first kappa shape index (κ1) is 22.6. The highest BCUT2D eigenvalue weighted by molar-refractivity contribution is 8.00. The molecule has 1 aliphatic rings. The van der Waals surface area contributed by atoms with Crippen molar-refractivity contribution in [3.8, 4) is 0 Å². The summed E-state index contributed by atoms with van der Waals surface area (Å²) in [6, 6.07) is 6.86. The number of halogens is 3. The summed E-state index contributed by atoms with van der Waals surface area (Å²) in [5.74, 6) is -0.781. The minimum Gasteiger partial charge on any atom is -0.343 e. The number of benzene rings is 1. The number of nitrogens with zero attached hydrogens (tertiary/aromatic N) is 4. The minimum absolute atomic E-state index is 0.0462. The molecule has 1 aliphatic heterocycles. The predicted molar refractivity (Wildman–Crippen MR) is 108 cm³/mol. The van der Waals surface area contributed by atoms with Crippen LogP contribution in [0.15, 0.2) is 47.5 Å². The van der Waals surface area contributed by atoms with E-state index in [-0.39, 0.29) is 40.5 Å². The topological polar surface area (TPSA) is 73.8 Å². The first-order valence-corrected chi connectivity index (χ1v) is 9.96. The van der Waals surface area contributed by atoms with Gasteiger partial charge in [-0.2, -0.15) is 13.2 Å². The fraction of sp³-hybridized carbons (Fsp3) is 0.300. The number of pyridine rings is 1. The lowest BCUT2D eigenvalue weighted by Gasteiger charge is -2.20. The van der Waals surface area contributed by atoms with Crippen LogP contribution < -0.4 is 4.90 Å². The van der Waals surface area contributed by atoms with Gasteiger partial charge in [-0.25, -0.2) is 9.69 Å². The summed E-state index contributed by atoms with van der Waals surface area (Å²) >= 11 is -0.274. The third-order valence-electron chi connectivity index (χ3n) is 4.61. The Morgan fingerprint density at radius 2 is 1.81 bits per heavy atom. The van der Waals surface area contributed by atoms with Gasteiger partial charge >= 0.3 is 11.5 Å². The van der Waals surface area contributed by atoms with Gasteiger partial charge in [-0.15, -0.1) is 0 Å². The van der Waals surface area contributed by atoms with Crippen molar-refractivity contribution in [3.05, 3.63) is 53.9 Å². The molecule has 1 unspecified atom stereocenters. The number of thioether (sulfide) groups is 1. The number of hydrogen-bond donors (Lipinski definition) is 0. The number of rotatable bonds is 5. The first-order valence-electron chi connectivity index (χ1n) is 9.15. The van der Waals surface area contributed by atoms with Crippen LogP contribution in [-0.4, -0.2) is 58.3 Å². The van der Waals surface area contributed by atoms with Gasteiger partial charge in [0.2, 0.25) is 0 Å². The van der Waals surface area contributed by atoms with Crippen LogP contribution in [0, 0.1) is 0 Å². The van der Waals surface area contributed by atoms with E-state index in [1.807, 2.05) is 0 Å². The number of aromatic nitrogens is 1. The van der Waals surface area contributed by atoms with Crippen LogP contribution in [0.2, 0.25) is 0 Å². The van der Waals surface area contributed by atoms with E-state index in [2.05, 4.69) is 4.98 Å². The van der Waals surface area contributed by atoms with Crippen LogP contribution in [0.1, 0.15) is 23.0 Å². The van der Waals surface area contributed by atoms with Crippen LogP contribution in [0.4, 0.5) is 23.7 Å². The maximum Gasteiger partial charge on any atom is 0.446 e. The number of amides is 4. The average Bonchev–Trinajstić information content (AvgIpc) is 2.90. The Hall–Kier alpha value is -3.08. The van der Waals surface area contributed by atoms with Gasteiger partial charge in [0.15, 0.2) is 0 Å². The van der Waals surface area contributed by atoms with E-state index in [9.17, 15) is 27.6 Å². The molecule has 31 heavy (non-hydrogen) atoms. The molecular weight excluding hydrogens is 433 g/mol. The summed E-state index contributed by atoms with van der Waals surface area (Å²) in [6.45, 7) is 1.64. The second kappa shape index (κ2) is 8.58. The predicted octanol–water partition coefficient (Wildman–Crippen LogP) is 3.75. The summed E-state index contributed by atoms with van der Waals surface area (Å²) in [5.41, 5.74) is -3.41. The van der Waals surface area contributed by atoms with Crippen molar-refractivity contribution in [3.63, 3.8) is 0 Å². The summed E-state index contributed by atoms with van der Waals surface area (Å²) in [6.07, 6.45) is 1.45. The SMILES string of the molecule is CC1C(=O)N(c2ccc(SC(F)(F)F)cc2)C(=O)N1Cc1ccnc(C(=O)N(C)C)c1. The number of hydrogen-bond acceptors (Lipinski definition) is 5. The molecule has 0 N–H and O–H groups in total. The summed E-state index contributed by atoms with van der Waals surface area (Å²) in [5, 5.41) is 0. The molecule has 164 valence electrons. The average molecular weight is 452 g/mol. The Kier molecular flexibility index (Phi) is 6.25. The summed E-state index contributed by atoms with van der Waals surface area (Å²) in [4.78, 5) is 45.4. The van der Waals surface area contributed by atoms with Crippen LogP contribution >= 0.6 is 11.8 Å². The molecule has 4 amide bonds. The molecule has 0 saturated carbocycles. The fourth-order valence-corrected chi connectivity index (χ4v) is 3.60. The monoisotopic (exact) mass is 452 g/mol. The van der Waals surface area contributed by atoms with Gasteiger partial charge in [0.05, 0.1) is 5.69 Å². The number of alkyl halides is 3. The van der Waals surface area contributed by atoms with E-state index in [1.54, 1.807) is 33.2 Å². The Bertz CT molecular complexity index is 1010. The van der Waals surface area contributed by atoms with Gasteiger partial charge in [-0.05, 0) is 60.6 Å². The maximum absolute atomic E-state index is 12.9. The Morgan fingerprint density at radius 3 is 2.39 bits per heavy atom. The van der Waals surface area contributed by atoms with Crippen molar-refractivity contribution >= 4 is 35.3 Å². The lowest BCUT2D eigenvalue weighted by Crippen LogP contribution is -2.33. The number of imide groups is 1. The van der Waals surface area contributed by atoms with Crippen LogP contribution in [-0.2, 0) is 11.3 Å². The van der Waals surface area contributed by atoms with Crippen molar-refractivity contribution in [2.24, 2.45) is 0 Å². The lowest BCUT2D eigenvalue weighted by molar-refractivity contribution is -0.119. The van der Waals surface area contributed by atoms with E-state index < -0.39 is 23.5 Å². The van der Waals surface area contributed by atoms with Crippen molar-refractivity contribution in [1.82, 2.24) is 14.8 Å². The zero-order chi connectivity index (χ0) is 22.9. The standard InChI is InChI=1S/C20H19F3N4O3S/c1-12-17(28)27(14-4-6-15(7-5-14)31-20(21,22)23)19(30)26(12)11-13-8-9-24-16(10-13)18(29)25(2)3/h4-10,12H,11H2,1-3H3. The second-order valence-electron chi connectivity index (χ2n) is 7.05. The summed E-state index contributed by atoms with van der Waals surface area (Å²) in [7, 11) is 3.19. The van der Waals surface area contributed by atoms with E-state index in [1.165, 1.54) is 40.3 Å². The Balaban J connectivity index is 1.80. The van der Waals surface area contributed by atoms with Crippen LogP contribution in [0.3, 0.4) is 0 Å². The molecule has 2 heterocycles. The highest BCUT2D eigenvalue weighted by Gasteiger charge is 2.43. The third kappa shape index (κ3) is 4.98. The molecule has 3 rings (SSSR count). The fourth-order valence-electron chi connectivity index (χ4n) is 3.06. The van der Waals surface area contributed by atoms with Gasteiger partial charge in [-0.1, -0.05) is 0 Å². The van der Waals surface area contributed by atoms with E-state index >= 15 is 0 Å². The van der Waals surface area contributed by atoms with Gasteiger partial charge in [-0.3, -0.25) is 14.6 Å². The number of carbonyl (C=O) groups is 3. The van der Waals surface area contributed by atoms with E-state index in [0.717, 1.165) is 4.90 Å². The van der Waals surface area contributed by atoms with E-state index in [0.29, 0.717) is 5.56 Å². The Labute approximate surface area is 180 Å². The number of urea groups is 1. The third-order valence-corrected chi connectivity index (χ3v) is 5.35. The maximum atomic E-state index is 12.9. The number of anilines is 1. The van der Waals surface area contributed by atoms with Crippen LogP contribution in [0.25, 0.3) is 0 Å². The Morgan fingerprint density at radius 1 is 1.16 bits per heavy atom. The molecule has 1 aromatic heterocycles. The molecule has 1 fully saturated rings. The molecule has 11 heteroatoms. The molecule has 1 aromatic carbocycles. The first-order chi connectivity index (χ1) is 14.5. The quantitative estimate of drug-likeness (QED) is 0.510. The highest BCUT2D eigenvalue weighted by atomic mass is 32.2. The largest absolute Gasteiger partial charge is 0.446 e. The molecule has 0 bridgehead atoms. The zero-order valence-corrected chi connectivity index (χ0v) is 17.7. The van der Waals surface area contributed by atoms with Crippen LogP contribution in [0.5, 0.6) is 0 Å². The van der Waals surface area contributed by atoms with Gasteiger partial charge in [0.1, 0.15) is 11.7 Å². The summed E-state index contributed by atoms with van der Waals surface area (Å²) < 4.78 is 37.5. The molecule has 0 radical (unpaired) electrons. The minimum atomic E-state index is -4.43.